The Bertz CT molecular complexity index is 514. The largest absolute Gasteiger partial charge is 0.352 e. The fourth-order valence-corrected chi connectivity index (χ4v) is 1.81. The van der Waals surface area contributed by atoms with Crippen LogP contribution in [0, 0.1) is 0 Å². The number of hydrogen-bond acceptors (Lipinski definition) is 3. The van der Waals surface area contributed by atoms with Crippen LogP contribution in [0.15, 0.2) is 54.9 Å². The monoisotopic (exact) mass is 268 g/mol. The van der Waals surface area contributed by atoms with Gasteiger partial charge in [0.2, 0.25) is 0 Å². The lowest BCUT2D eigenvalue weighted by Crippen LogP contribution is -2.24. The van der Waals surface area contributed by atoms with Crippen molar-refractivity contribution in [1.82, 2.24) is 10.3 Å². The molecule has 0 atom stereocenters. The van der Waals surface area contributed by atoms with Crippen molar-refractivity contribution in [3.63, 3.8) is 0 Å². The summed E-state index contributed by atoms with van der Waals surface area (Å²) in [6.07, 6.45) is 4.22. The van der Waals surface area contributed by atoms with Crippen LogP contribution in [0.3, 0.4) is 0 Å². The van der Waals surface area contributed by atoms with E-state index < -0.39 is 0 Å². The summed E-state index contributed by atoms with van der Waals surface area (Å²) in [7, 11) is 0. The number of carbonyl (C=O) groups excluding carboxylic acids is 2. The van der Waals surface area contributed by atoms with Gasteiger partial charge in [-0.2, -0.15) is 0 Å². The van der Waals surface area contributed by atoms with Crippen molar-refractivity contribution in [3.05, 3.63) is 66.0 Å². The maximum absolute atomic E-state index is 11.8. The van der Waals surface area contributed by atoms with Crippen molar-refractivity contribution in [3.8, 4) is 0 Å². The van der Waals surface area contributed by atoms with Crippen molar-refractivity contribution in [2.24, 2.45) is 0 Å². The van der Waals surface area contributed by atoms with Gasteiger partial charge in [-0.15, -0.1) is 0 Å². The number of nitrogens with zero attached hydrogens (tertiary/aromatic N) is 1. The van der Waals surface area contributed by atoms with Gasteiger partial charge in [0.15, 0.2) is 5.78 Å². The normalized spacial score (nSPS) is 10.0. The lowest BCUT2D eigenvalue weighted by molar-refractivity contribution is 0.0938. The van der Waals surface area contributed by atoms with E-state index in [0.717, 1.165) is 0 Å². The second kappa shape index (κ2) is 7.19. The van der Waals surface area contributed by atoms with E-state index in [-0.39, 0.29) is 11.7 Å². The quantitative estimate of drug-likeness (QED) is 0.646. The van der Waals surface area contributed by atoms with Crippen LogP contribution < -0.4 is 5.32 Å². The van der Waals surface area contributed by atoms with Crippen LogP contribution in [0.5, 0.6) is 0 Å². The molecule has 0 aliphatic heterocycles. The molecule has 1 N–H and O–H groups in total. The minimum Gasteiger partial charge on any atom is -0.352 e. The molecule has 1 aromatic heterocycles. The van der Waals surface area contributed by atoms with Crippen LogP contribution in [0.4, 0.5) is 0 Å². The average Bonchev–Trinajstić information content (AvgIpc) is 2.53. The van der Waals surface area contributed by atoms with Gasteiger partial charge in [-0.1, -0.05) is 18.2 Å². The molecular weight excluding hydrogens is 252 g/mol. The number of rotatable bonds is 6. The van der Waals surface area contributed by atoms with Gasteiger partial charge in [0, 0.05) is 36.5 Å². The summed E-state index contributed by atoms with van der Waals surface area (Å²) in [6.45, 7) is 0.486. The first kappa shape index (κ1) is 13.9. The van der Waals surface area contributed by atoms with Crippen molar-refractivity contribution in [2.75, 3.05) is 6.54 Å². The number of hydrogen-bond donors (Lipinski definition) is 1. The summed E-state index contributed by atoms with van der Waals surface area (Å²) in [5, 5.41) is 2.80. The van der Waals surface area contributed by atoms with Gasteiger partial charge >= 0.3 is 0 Å². The number of carbonyl (C=O) groups is 2. The van der Waals surface area contributed by atoms with Crippen LogP contribution in [-0.2, 0) is 0 Å². The number of pyridine rings is 1. The first-order valence-corrected chi connectivity index (χ1v) is 6.54. The van der Waals surface area contributed by atoms with Gasteiger partial charge in [-0.3, -0.25) is 14.6 Å². The van der Waals surface area contributed by atoms with E-state index in [1.54, 1.807) is 36.7 Å². The molecule has 0 saturated heterocycles. The highest BCUT2D eigenvalue weighted by molar-refractivity contribution is 5.96. The molecule has 2 rings (SSSR count). The van der Waals surface area contributed by atoms with Gasteiger partial charge < -0.3 is 5.32 Å². The predicted molar refractivity (Wildman–Crippen MR) is 76.6 cm³/mol. The van der Waals surface area contributed by atoms with E-state index in [9.17, 15) is 9.59 Å². The van der Waals surface area contributed by atoms with Crippen molar-refractivity contribution in [1.29, 1.82) is 0 Å². The van der Waals surface area contributed by atoms with E-state index in [2.05, 4.69) is 10.3 Å². The van der Waals surface area contributed by atoms with E-state index in [1.807, 2.05) is 18.2 Å². The molecule has 0 aliphatic carbocycles. The number of benzene rings is 1. The minimum absolute atomic E-state index is 0.0482. The first-order chi connectivity index (χ1) is 9.77. The molecule has 102 valence electrons. The molecule has 1 aromatic carbocycles. The Balaban J connectivity index is 1.72. The first-order valence-electron chi connectivity index (χ1n) is 6.54. The third-order valence-corrected chi connectivity index (χ3v) is 2.89. The van der Waals surface area contributed by atoms with Gasteiger partial charge in [-0.25, -0.2) is 0 Å². The SMILES string of the molecule is O=C(CCCNC(=O)c1ccccc1)c1cccnc1. The molecule has 2 aromatic rings. The predicted octanol–water partition coefficient (Wildman–Crippen LogP) is 2.47. The summed E-state index contributed by atoms with van der Waals surface area (Å²) in [4.78, 5) is 27.5. The molecule has 0 spiro atoms. The number of nitrogens with one attached hydrogen (secondary N) is 1. The standard InChI is InChI=1S/C16H16N2O2/c19-15(14-8-4-10-17-12-14)9-5-11-18-16(20)13-6-2-1-3-7-13/h1-4,6-8,10,12H,5,9,11H2,(H,18,20). The van der Waals surface area contributed by atoms with Crippen molar-refractivity contribution >= 4 is 11.7 Å². The minimum atomic E-state index is -0.112. The smallest absolute Gasteiger partial charge is 0.251 e. The van der Waals surface area contributed by atoms with Crippen molar-refractivity contribution in [2.45, 2.75) is 12.8 Å². The molecule has 0 saturated carbocycles. The zero-order chi connectivity index (χ0) is 14.2. The third-order valence-electron chi connectivity index (χ3n) is 2.89. The zero-order valence-electron chi connectivity index (χ0n) is 11.1. The summed E-state index contributed by atoms with van der Waals surface area (Å²) in [5.74, 6) is -0.0634. The Morgan fingerprint density at radius 1 is 1.00 bits per heavy atom. The van der Waals surface area contributed by atoms with Gasteiger partial charge in [0.05, 0.1) is 0 Å². The molecule has 1 heterocycles. The third kappa shape index (κ3) is 4.02. The molecule has 0 fully saturated rings. The Kier molecular flexibility index (Phi) is 5.00. The highest BCUT2D eigenvalue weighted by Gasteiger charge is 2.06. The number of amides is 1. The van der Waals surface area contributed by atoms with Crippen LogP contribution >= 0.6 is 0 Å². The average molecular weight is 268 g/mol. The van der Waals surface area contributed by atoms with Gasteiger partial charge in [0.1, 0.15) is 0 Å². The van der Waals surface area contributed by atoms with Crippen LogP contribution in [-0.4, -0.2) is 23.2 Å². The van der Waals surface area contributed by atoms with Crippen molar-refractivity contribution < 1.29 is 9.59 Å². The van der Waals surface area contributed by atoms with E-state index in [1.165, 1.54) is 0 Å². The number of Topliss-reactive ketones (excluding diaryl/α,β-unsaturated/α-hetero) is 1. The second-order valence-electron chi connectivity index (χ2n) is 4.39. The van der Waals surface area contributed by atoms with Crippen LogP contribution in [0.1, 0.15) is 33.6 Å². The fraction of sp³-hybridized carbons (Fsp3) is 0.188. The lowest BCUT2D eigenvalue weighted by atomic mass is 10.1. The summed E-state index contributed by atoms with van der Waals surface area (Å²) < 4.78 is 0. The Morgan fingerprint density at radius 3 is 2.45 bits per heavy atom. The maximum atomic E-state index is 11.8. The summed E-state index contributed by atoms with van der Waals surface area (Å²) >= 11 is 0. The Labute approximate surface area is 117 Å². The van der Waals surface area contributed by atoms with Gasteiger partial charge in [-0.05, 0) is 30.7 Å². The molecule has 0 radical (unpaired) electrons. The highest BCUT2D eigenvalue weighted by Crippen LogP contribution is 2.03. The molecule has 1 amide bonds. The van der Waals surface area contributed by atoms with Crippen LogP contribution in [0.2, 0.25) is 0 Å². The zero-order valence-corrected chi connectivity index (χ0v) is 11.1. The summed E-state index contributed by atoms with van der Waals surface area (Å²) in [6, 6.07) is 12.5. The fourth-order valence-electron chi connectivity index (χ4n) is 1.81. The summed E-state index contributed by atoms with van der Waals surface area (Å²) in [5.41, 5.74) is 1.24. The Morgan fingerprint density at radius 2 is 1.75 bits per heavy atom. The highest BCUT2D eigenvalue weighted by atomic mass is 16.1. The molecule has 4 heteroatoms. The van der Waals surface area contributed by atoms with Crippen LogP contribution in [0.25, 0.3) is 0 Å². The molecule has 0 unspecified atom stereocenters. The van der Waals surface area contributed by atoms with E-state index in [0.29, 0.717) is 30.5 Å². The molecular formula is C16H16N2O2. The topological polar surface area (TPSA) is 59.1 Å². The molecule has 0 bridgehead atoms. The number of ketones is 1. The lowest BCUT2D eigenvalue weighted by Gasteiger charge is -2.04. The Hall–Kier alpha value is -2.49. The maximum Gasteiger partial charge on any atom is 0.251 e. The van der Waals surface area contributed by atoms with E-state index in [4.69, 9.17) is 0 Å². The number of aromatic nitrogens is 1. The second-order valence-corrected chi connectivity index (χ2v) is 4.39. The van der Waals surface area contributed by atoms with E-state index >= 15 is 0 Å². The molecule has 4 nitrogen and oxygen atoms in total. The van der Waals surface area contributed by atoms with Gasteiger partial charge in [0.25, 0.3) is 5.91 Å². The molecule has 0 aliphatic rings. The molecule has 20 heavy (non-hydrogen) atoms.